The van der Waals surface area contributed by atoms with Crippen molar-refractivity contribution in [1.82, 2.24) is 5.32 Å². The highest BCUT2D eigenvalue weighted by Gasteiger charge is 2.15. The predicted octanol–water partition coefficient (Wildman–Crippen LogP) is 5.25. The van der Waals surface area contributed by atoms with Crippen molar-refractivity contribution >= 4 is 15.9 Å². The fourth-order valence-electron chi connectivity index (χ4n) is 2.72. The summed E-state index contributed by atoms with van der Waals surface area (Å²) in [5, 5.41) is 3.47. The van der Waals surface area contributed by atoms with E-state index >= 15 is 0 Å². The van der Waals surface area contributed by atoms with Gasteiger partial charge in [-0.2, -0.15) is 0 Å². The molecule has 1 N–H and O–H groups in total. The molecule has 0 aromatic heterocycles. The number of hydrogen-bond acceptors (Lipinski definition) is 4. The Bertz CT molecular complexity index is 719. The van der Waals surface area contributed by atoms with E-state index in [-0.39, 0.29) is 6.10 Å². The van der Waals surface area contributed by atoms with Gasteiger partial charge in [-0.05, 0) is 57.0 Å². The molecule has 4 nitrogen and oxygen atoms in total. The summed E-state index contributed by atoms with van der Waals surface area (Å²) in [7, 11) is 1.67. The first-order valence-electron chi connectivity index (χ1n) is 9.38. The van der Waals surface area contributed by atoms with Crippen LogP contribution in [-0.4, -0.2) is 26.4 Å². The fourth-order valence-corrected chi connectivity index (χ4v) is 3.17. The van der Waals surface area contributed by atoms with Gasteiger partial charge in [0.25, 0.3) is 0 Å². The Kier molecular flexibility index (Phi) is 9.11. The van der Waals surface area contributed by atoms with Crippen LogP contribution in [-0.2, 0) is 17.9 Å². The van der Waals surface area contributed by atoms with Gasteiger partial charge in [0.05, 0.1) is 13.2 Å². The Morgan fingerprint density at radius 2 is 1.89 bits per heavy atom. The number of halogens is 1. The van der Waals surface area contributed by atoms with Crippen molar-refractivity contribution in [2.45, 2.75) is 46.4 Å². The molecule has 0 spiro atoms. The van der Waals surface area contributed by atoms with E-state index in [2.05, 4.69) is 54.2 Å². The molecule has 0 amide bonds. The highest BCUT2D eigenvalue weighted by Crippen LogP contribution is 2.37. The average Bonchev–Trinajstić information content (AvgIpc) is 2.65. The summed E-state index contributed by atoms with van der Waals surface area (Å²) in [5.74, 6) is 1.52. The second-order valence-corrected chi connectivity index (χ2v) is 7.58. The molecular formula is C22H30BrNO3. The summed E-state index contributed by atoms with van der Waals surface area (Å²) in [6, 6.07) is 12.2. The van der Waals surface area contributed by atoms with Gasteiger partial charge in [0.1, 0.15) is 6.61 Å². The van der Waals surface area contributed by atoms with Crippen LogP contribution in [0.25, 0.3) is 0 Å². The van der Waals surface area contributed by atoms with Crippen LogP contribution in [0.3, 0.4) is 0 Å². The van der Waals surface area contributed by atoms with Crippen LogP contribution in [0.1, 0.15) is 37.0 Å². The van der Waals surface area contributed by atoms with Gasteiger partial charge in [0.2, 0.25) is 0 Å². The molecule has 148 valence electrons. The third-order valence-electron chi connectivity index (χ3n) is 4.27. The molecule has 0 fully saturated rings. The topological polar surface area (TPSA) is 39.7 Å². The molecule has 0 aliphatic rings. The van der Waals surface area contributed by atoms with Crippen LogP contribution >= 0.6 is 15.9 Å². The van der Waals surface area contributed by atoms with Crippen molar-refractivity contribution in [1.29, 1.82) is 0 Å². The van der Waals surface area contributed by atoms with Crippen molar-refractivity contribution in [2.24, 2.45) is 0 Å². The molecule has 5 heteroatoms. The third kappa shape index (κ3) is 6.83. The maximum absolute atomic E-state index is 6.20. The fraction of sp³-hybridized carbons (Fsp3) is 0.455. The molecular weight excluding hydrogens is 406 g/mol. The SMILES string of the molecule is COc1ccc(Br)c(CNCCCOC(C)C)c1OCc1ccccc1C. The molecule has 0 radical (unpaired) electrons. The lowest BCUT2D eigenvalue weighted by Crippen LogP contribution is -2.18. The number of benzene rings is 2. The lowest BCUT2D eigenvalue weighted by atomic mass is 10.1. The van der Waals surface area contributed by atoms with E-state index in [9.17, 15) is 0 Å². The summed E-state index contributed by atoms with van der Waals surface area (Å²) in [4.78, 5) is 0. The largest absolute Gasteiger partial charge is 0.493 e. The zero-order chi connectivity index (χ0) is 19.6. The van der Waals surface area contributed by atoms with Crippen LogP contribution in [0.4, 0.5) is 0 Å². The molecule has 2 aromatic carbocycles. The molecule has 2 rings (SSSR count). The quantitative estimate of drug-likeness (QED) is 0.489. The number of hydrogen-bond donors (Lipinski definition) is 1. The van der Waals surface area contributed by atoms with E-state index in [1.54, 1.807) is 7.11 Å². The van der Waals surface area contributed by atoms with Crippen LogP contribution < -0.4 is 14.8 Å². The second kappa shape index (κ2) is 11.3. The summed E-state index contributed by atoms with van der Waals surface area (Å²) >= 11 is 3.65. The molecule has 0 heterocycles. The number of methoxy groups -OCH3 is 1. The van der Waals surface area contributed by atoms with Crippen molar-refractivity contribution in [3.63, 3.8) is 0 Å². The Hall–Kier alpha value is -1.56. The molecule has 0 unspecified atom stereocenters. The zero-order valence-corrected chi connectivity index (χ0v) is 18.3. The minimum atomic E-state index is 0.277. The predicted molar refractivity (Wildman–Crippen MR) is 114 cm³/mol. The average molecular weight is 436 g/mol. The first-order valence-corrected chi connectivity index (χ1v) is 10.2. The molecule has 0 saturated heterocycles. The lowest BCUT2D eigenvalue weighted by molar-refractivity contribution is 0.0770. The van der Waals surface area contributed by atoms with E-state index in [1.807, 2.05) is 24.3 Å². The highest BCUT2D eigenvalue weighted by molar-refractivity contribution is 9.10. The zero-order valence-electron chi connectivity index (χ0n) is 16.7. The number of nitrogens with one attached hydrogen (secondary N) is 1. The summed E-state index contributed by atoms with van der Waals surface area (Å²) < 4.78 is 18.3. The third-order valence-corrected chi connectivity index (χ3v) is 5.01. The Balaban J connectivity index is 2.03. The summed E-state index contributed by atoms with van der Waals surface area (Å²) in [6.07, 6.45) is 1.25. The summed E-state index contributed by atoms with van der Waals surface area (Å²) in [6.45, 7) is 9.06. The first kappa shape index (κ1) is 21.7. The minimum absolute atomic E-state index is 0.277. The molecule has 0 bridgehead atoms. The molecule has 2 aromatic rings. The molecule has 0 aliphatic heterocycles. The molecule has 0 atom stereocenters. The van der Waals surface area contributed by atoms with E-state index in [0.717, 1.165) is 41.1 Å². The van der Waals surface area contributed by atoms with Gasteiger partial charge in [-0.25, -0.2) is 0 Å². The molecule has 0 saturated carbocycles. The smallest absolute Gasteiger partial charge is 0.167 e. The Morgan fingerprint density at radius 1 is 1.11 bits per heavy atom. The van der Waals surface area contributed by atoms with Gasteiger partial charge in [0.15, 0.2) is 11.5 Å². The van der Waals surface area contributed by atoms with Crippen LogP contribution in [0, 0.1) is 6.92 Å². The lowest BCUT2D eigenvalue weighted by Gasteiger charge is -2.18. The van der Waals surface area contributed by atoms with Crippen molar-refractivity contribution in [3.05, 3.63) is 57.6 Å². The van der Waals surface area contributed by atoms with Crippen LogP contribution in [0.5, 0.6) is 11.5 Å². The molecule has 0 aliphatic carbocycles. The molecule has 27 heavy (non-hydrogen) atoms. The van der Waals surface area contributed by atoms with E-state index in [4.69, 9.17) is 14.2 Å². The van der Waals surface area contributed by atoms with Gasteiger partial charge in [-0.3, -0.25) is 0 Å². The van der Waals surface area contributed by atoms with Crippen molar-refractivity contribution in [3.8, 4) is 11.5 Å². The van der Waals surface area contributed by atoms with Gasteiger partial charge >= 0.3 is 0 Å². The summed E-state index contributed by atoms with van der Waals surface area (Å²) in [5.41, 5.74) is 3.45. The highest BCUT2D eigenvalue weighted by atomic mass is 79.9. The normalized spacial score (nSPS) is 11.0. The first-order chi connectivity index (χ1) is 13.0. The van der Waals surface area contributed by atoms with Gasteiger partial charge < -0.3 is 19.5 Å². The monoisotopic (exact) mass is 435 g/mol. The van der Waals surface area contributed by atoms with Crippen molar-refractivity contribution < 1.29 is 14.2 Å². The number of aryl methyl sites for hydroxylation is 1. The second-order valence-electron chi connectivity index (χ2n) is 6.72. The maximum Gasteiger partial charge on any atom is 0.167 e. The Morgan fingerprint density at radius 3 is 2.59 bits per heavy atom. The van der Waals surface area contributed by atoms with E-state index in [0.29, 0.717) is 13.2 Å². The van der Waals surface area contributed by atoms with E-state index < -0.39 is 0 Å². The standard InChI is InChI=1S/C22H30BrNO3/c1-16(2)26-13-7-12-24-14-19-20(23)10-11-21(25-4)22(19)27-15-18-9-6-5-8-17(18)3/h5-6,8-11,16,24H,7,12-15H2,1-4H3. The minimum Gasteiger partial charge on any atom is -0.493 e. The number of ether oxygens (including phenoxy) is 3. The Labute approximate surface area is 171 Å². The van der Waals surface area contributed by atoms with Gasteiger partial charge in [-0.1, -0.05) is 40.2 Å². The van der Waals surface area contributed by atoms with E-state index in [1.165, 1.54) is 11.1 Å². The van der Waals surface area contributed by atoms with Crippen molar-refractivity contribution in [2.75, 3.05) is 20.3 Å². The van der Waals surface area contributed by atoms with Gasteiger partial charge in [-0.15, -0.1) is 0 Å². The van der Waals surface area contributed by atoms with Gasteiger partial charge in [0, 0.05) is 23.2 Å². The van der Waals surface area contributed by atoms with Crippen LogP contribution in [0.15, 0.2) is 40.9 Å². The maximum atomic E-state index is 6.20. The number of rotatable bonds is 11. The van der Waals surface area contributed by atoms with Crippen LogP contribution in [0.2, 0.25) is 0 Å².